The zero-order valence-electron chi connectivity index (χ0n) is 20.2. The first-order valence-electron chi connectivity index (χ1n) is 11.6. The Kier molecular flexibility index (Phi) is 7.11. The summed E-state index contributed by atoms with van der Waals surface area (Å²) in [6.07, 6.45) is 9.13. The van der Waals surface area contributed by atoms with Crippen LogP contribution in [0.4, 0.5) is 5.69 Å². The van der Waals surface area contributed by atoms with Crippen molar-refractivity contribution in [3.63, 3.8) is 0 Å². The summed E-state index contributed by atoms with van der Waals surface area (Å²) in [5.41, 5.74) is 1.61. The molecule has 2 amide bonds. The number of rotatable bonds is 8. The minimum absolute atomic E-state index is 0.0106. The molecule has 3 aromatic rings. The van der Waals surface area contributed by atoms with Gasteiger partial charge in [0.05, 0.1) is 23.4 Å². The fraction of sp³-hybridized carbons (Fsp3) is 0.250. The third-order valence-electron chi connectivity index (χ3n) is 6.13. The van der Waals surface area contributed by atoms with Crippen molar-refractivity contribution in [3.8, 4) is 12.3 Å². The number of esters is 1. The second kappa shape index (κ2) is 10.4. The Morgan fingerprint density at radius 1 is 1.14 bits per heavy atom. The Morgan fingerprint density at radius 2 is 1.86 bits per heavy atom. The Labute approximate surface area is 209 Å². The predicted molar refractivity (Wildman–Crippen MR) is 134 cm³/mol. The van der Waals surface area contributed by atoms with Crippen LogP contribution in [0.5, 0.6) is 0 Å². The number of carbonyl (C=O) groups is 3. The van der Waals surface area contributed by atoms with Gasteiger partial charge in [0, 0.05) is 24.6 Å². The van der Waals surface area contributed by atoms with E-state index in [0.29, 0.717) is 17.0 Å². The van der Waals surface area contributed by atoms with Crippen LogP contribution >= 0.6 is 0 Å². The van der Waals surface area contributed by atoms with Gasteiger partial charge in [0.15, 0.2) is 0 Å². The maximum absolute atomic E-state index is 14.0. The Balaban J connectivity index is 1.81. The Bertz CT molecular complexity index is 1370. The fourth-order valence-electron chi connectivity index (χ4n) is 4.39. The van der Waals surface area contributed by atoms with Gasteiger partial charge in [-0.05, 0) is 43.2 Å². The summed E-state index contributed by atoms with van der Waals surface area (Å²) < 4.78 is 6.31. The molecule has 0 bridgehead atoms. The van der Waals surface area contributed by atoms with Crippen molar-refractivity contribution in [2.45, 2.75) is 33.2 Å². The zero-order chi connectivity index (χ0) is 25.7. The molecule has 1 aliphatic rings. The summed E-state index contributed by atoms with van der Waals surface area (Å²) in [4.78, 5) is 40.9. The highest BCUT2D eigenvalue weighted by Crippen LogP contribution is 2.46. The lowest BCUT2D eigenvalue weighted by molar-refractivity contribution is -0.144. The van der Waals surface area contributed by atoms with Crippen LogP contribution < -0.4 is 4.90 Å². The number of hydrogen-bond donors (Lipinski definition) is 0. The zero-order valence-corrected chi connectivity index (χ0v) is 20.2. The number of hydrogen-bond acceptors (Lipinski definition) is 6. The van der Waals surface area contributed by atoms with Crippen LogP contribution in [-0.4, -0.2) is 39.4 Å². The molecule has 8 nitrogen and oxygen atoms in total. The number of nitrogens with zero attached hydrogens (tertiary/aromatic N) is 4. The Morgan fingerprint density at radius 3 is 2.56 bits per heavy atom. The fourth-order valence-corrected chi connectivity index (χ4v) is 4.39. The predicted octanol–water partition coefficient (Wildman–Crippen LogP) is 3.36. The van der Waals surface area contributed by atoms with E-state index in [-0.39, 0.29) is 26.0 Å². The molecule has 0 spiro atoms. The van der Waals surface area contributed by atoms with E-state index in [1.807, 2.05) is 37.3 Å². The van der Waals surface area contributed by atoms with E-state index in [1.54, 1.807) is 43.5 Å². The molecule has 1 saturated heterocycles. The number of imide groups is 1. The van der Waals surface area contributed by atoms with Gasteiger partial charge in [-0.3, -0.25) is 14.4 Å². The summed E-state index contributed by atoms with van der Waals surface area (Å²) in [7, 11) is 0. The Hall–Kier alpha value is -4.51. The largest absolute Gasteiger partial charge is 0.465 e. The van der Waals surface area contributed by atoms with Crippen molar-refractivity contribution < 1.29 is 19.1 Å². The van der Waals surface area contributed by atoms with Crippen LogP contribution in [0.25, 0.3) is 6.08 Å². The number of anilines is 1. The van der Waals surface area contributed by atoms with E-state index >= 15 is 0 Å². The lowest BCUT2D eigenvalue weighted by Gasteiger charge is -2.25. The molecule has 1 aliphatic heterocycles. The van der Waals surface area contributed by atoms with Gasteiger partial charge in [0.25, 0.3) is 5.91 Å². The number of para-hydroxylation sites is 1. The third-order valence-corrected chi connectivity index (χ3v) is 6.13. The molecule has 182 valence electrons. The van der Waals surface area contributed by atoms with E-state index in [2.05, 4.69) is 16.2 Å². The van der Waals surface area contributed by atoms with Crippen LogP contribution in [0.2, 0.25) is 0 Å². The first-order valence-corrected chi connectivity index (χ1v) is 11.6. The molecule has 0 aliphatic carbocycles. The minimum atomic E-state index is -1.35. The second-order valence-electron chi connectivity index (χ2n) is 8.55. The molecule has 1 fully saturated rings. The van der Waals surface area contributed by atoms with Gasteiger partial charge in [-0.25, -0.2) is 9.58 Å². The quantitative estimate of drug-likeness (QED) is 0.212. The maximum Gasteiger partial charge on any atom is 0.327 e. The van der Waals surface area contributed by atoms with E-state index in [1.165, 1.54) is 9.58 Å². The van der Waals surface area contributed by atoms with Crippen molar-refractivity contribution >= 4 is 29.5 Å². The number of carbonyl (C=O) groups excluding carboxylic acids is 3. The number of amides is 2. The van der Waals surface area contributed by atoms with E-state index in [4.69, 9.17) is 11.2 Å². The summed E-state index contributed by atoms with van der Waals surface area (Å²) >= 11 is 0. The van der Waals surface area contributed by atoms with Gasteiger partial charge in [-0.2, -0.15) is 0 Å². The molecular weight excluding hydrogens is 456 g/mol. The van der Waals surface area contributed by atoms with Gasteiger partial charge in [0.1, 0.15) is 6.54 Å². The first-order chi connectivity index (χ1) is 17.4. The minimum Gasteiger partial charge on any atom is -0.465 e. The number of ether oxygens (including phenoxy) is 1. The summed E-state index contributed by atoms with van der Waals surface area (Å²) in [6.45, 7) is 3.80. The molecule has 4 rings (SSSR count). The molecule has 36 heavy (non-hydrogen) atoms. The van der Waals surface area contributed by atoms with Gasteiger partial charge in [0.2, 0.25) is 5.91 Å². The van der Waals surface area contributed by atoms with Crippen molar-refractivity contribution in [1.29, 1.82) is 0 Å². The molecule has 0 saturated carbocycles. The molecule has 8 heteroatoms. The number of terminal acetylenes is 1. The standard InChI is InChI=1S/C28H26N4O4/c1-4-15-28(17-22-18-31(30-29-22)19-25(33)36-5-2)24(16-21-12-10-9-11-20(21)3)26(34)32(27(28)35)23-13-7-6-8-14-23/h1,6-14,16,18H,5,15,17,19H2,2-3H3/b24-16-/t28-/m1/s1. The highest BCUT2D eigenvalue weighted by atomic mass is 16.5. The van der Waals surface area contributed by atoms with Crippen molar-refractivity contribution in [3.05, 3.63) is 83.2 Å². The van der Waals surface area contributed by atoms with Crippen molar-refractivity contribution in [1.82, 2.24) is 15.0 Å². The maximum atomic E-state index is 14.0. The third kappa shape index (κ3) is 4.68. The number of benzene rings is 2. The summed E-state index contributed by atoms with van der Waals surface area (Å²) in [5, 5.41) is 8.16. The van der Waals surface area contributed by atoms with Gasteiger partial charge >= 0.3 is 5.97 Å². The molecule has 0 radical (unpaired) electrons. The number of aromatic nitrogens is 3. The van der Waals surface area contributed by atoms with Crippen LogP contribution in [0, 0.1) is 24.7 Å². The van der Waals surface area contributed by atoms with E-state index < -0.39 is 23.2 Å². The highest BCUT2D eigenvalue weighted by Gasteiger charge is 2.56. The van der Waals surface area contributed by atoms with Gasteiger partial charge in [-0.15, -0.1) is 17.4 Å². The molecular formula is C28H26N4O4. The van der Waals surface area contributed by atoms with Crippen LogP contribution in [0.1, 0.15) is 30.2 Å². The topological polar surface area (TPSA) is 94.4 Å². The van der Waals surface area contributed by atoms with Crippen molar-refractivity contribution in [2.75, 3.05) is 11.5 Å². The monoisotopic (exact) mass is 482 g/mol. The number of aryl methyl sites for hydroxylation is 1. The lowest BCUT2D eigenvalue weighted by atomic mass is 9.74. The smallest absolute Gasteiger partial charge is 0.327 e. The van der Waals surface area contributed by atoms with E-state index in [0.717, 1.165) is 11.1 Å². The molecule has 2 heterocycles. The van der Waals surface area contributed by atoms with Crippen LogP contribution in [0.3, 0.4) is 0 Å². The van der Waals surface area contributed by atoms with Gasteiger partial charge in [-0.1, -0.05) is 47.7 Å². The molecule has 1 aromatic heterocycles. The highest BCUT2D eigenvalue weighted by molar-refractivity contribution is 6.32. The average molecular weight is 483 g/mol. The van der Waals surface area contributed by atoms with Crippen LogP contribution in [0.15, 0.2) is 66.4 Å². The summed E-state index contributed by atoms with van der Waals surface area (Å²) in [5.74, 6) is 1.31. The summed E-state index contributed by atoms with van der Waals surface area (Å²) in [6, 6.07) is 16.4. The first kappa shape index (κ1) is 24.6. The van der Waals surface area contributed by atoms with Crippen LogP contribution in [-0.2, 0) is 32.1 Å². The molecule has 1 atom stereocenters. The molecule has 2 aromatic carbocycles. The lowest BCUT2D eigenvalue weighted by Crippen LogP contribution is -2.37. The second-order valence-corrected chi connectivity index (χ2v) is 8.55. The normalized spacial score (nSPS) is 18.5. The average Bonchev–Trinajstić information content (AvgIpc) is 3.37. The molecule has 0 unspecified atom stereocenters. The van der Waals surface area contributed by atoms with Crippen molar-refractivity contribution in [2.24, 2.45) is 5.41 Å². The van der Waals surface area contributed by atoms with E-state index in [9.17, 15) is 14.4 Å². The van der Waals surface area contributed by atoms with Gasteiger partial charge < -0.3 is 4.74 Å². The molecule has 0 N–H and O–H groups in total. The SMILES string of the molecule is C#CC[C@]1(Cc2cn(CC(=O)OCC)nn2)C(=O)N(c2ccccc2)C(=O)/C1=C/c1ccccc1C.